The summed E-state index contributed by atoms with van der Waals surface area (Å²) >= 11 is 0. The second-order valence-corrected chi connectivity index (χ2v) is 15.2. The number of hydrogen-bond donors (Lipinski definition) is 0. The summed E-state index contributed by atoms with van der Waals surface area (Å²) in [5, 5.41) is 0. The summed E-state index contributed by atoms with van der Waals surface area (Å²) in [5.74, 6) is 1.74. The number of hydrogen-bond acceptors (Lipinski definition) is 3. The lowest BCUT2D eigenvalue weighted by atomic mass is 9.79. The van der Waals surface area contributed by atoms with Crippen molar-refractivity contribution in [3.8, 4) is 11.5 Å². The molecule has 0 atom stereocenters. The van der Waals surface area contributed by atoms with Gasteiger partial charge in [-0.25, -0.2) is 0 Å². The molecule has 202 valence electrons. The molecule has 0 unspecified atom stereocenters. The van der Waals surface area contributed by atoms with E-state index in [1.54, 1.807) is 0 Å². The van der Waals surface area contributed by atoms with Crippen LogP contribution in [-0.4, -0.2) is 6.61 Å². The molecule has 0 aromatic heterocycles. The Morgan fingerprint density at radius 3 is 1.14 bits per heavy atom. The standard InChI is InChI=1S/C32H51O3P/c1-16-33-36(34-27-21(2)17-23(29(4,5)6)19-25(27)31(10,11)12)35-28-22(3)18-24(30(7,8)9)20-26(28)32(13,14)15/h17-20H,16H2,1-15H3. The zero-order valence-electron chi connectivity index (χ0n) is 25.7. The average molecular weight is 515 g/mol. The van der Waals surface area contributed by atoms with Gasteiger partial charge in [0, 0.05) is 11.1 Å². The lowest BCUT2D eigenvalue weighted by Crippen LogP contribution is -2.19. The molecule has 0 saturated heterocycles. The third-order valence-corrected chi connectivity index (χ3v) is 7.60. The predicted octanol–water partition coefficient (Wildman–Crippen LogP) is 10.2. The molecule has 0 radical (unpaired) electrons. The van der Waals surface area contributed by atoms with Crippen molar-refractivity contribution >= 4 is 8.60 Å². The van der Waals surface area contributed by atoms with E-state index < -0.39 is 8.60 Å². The van der Waals surface area contributed by atoms with Crippen molar-refractivity contribution in [1.82, 2.24) is 0 Å². The first-order valence-electron chi connectivity index (χ1n) is 13.3. The van der Waals surface area contributed by atoms with Crippen molar-refractivity contribution in [3.63, 3.8) is 0 Å². The van der Waals surface area contributed by atoms with Gasteiger partial charge in [0.2, 0.25) is 0 Å². The van der Waals surface area contributed by atoms with Crippen LogP contribution < -0.4 is 9.05 Å². The molecule has 36 heavy (non-hydrogen) atoms. The smallest absolute Gasteiger partial charge is 0.417 e. The monoisotopic (exact) mass is 514 g/mol. The fraction of sp³-hybridized carbons (Fsp3) is 0.625. The minimum atomic E-state index is -1.65. The van der Waals surface area contributed by atoms with E-state index in [-0.39, 0.29) is 21.7 Å². The van der Waals surface area contributed by atoms with Crippen LogP contribution in [0.3, 0.4) is 0 Å². The van der Waals surface area contributed by atoms with E-state index in [9.17, 15) is 0 Å². The molecule has 0 spiro atoms. The highest BCUT2D eigenvalue weighted by molar-refractivity contribution is 7.42. The minimum Gasteiger partial charge on any atom is -0.417 e. The number of aryl methyl sites for hydroxylation is 2. The van der Waals surface area contributed by atoms with Crippen LogP contribution in [0, 0.1) is 13.8 Å². The molecule has 2 aromatic carbocycles. The van der Waals surface area contributed by atoms with Crippen molar-refractivity contribution in [2.75, 3.05) is 6.61 Å². The largest absolute Gasteiger partial charge is 0.463 e. The summed E-state index contributed by atoms with van der Waals surface area (Å²) < 4.78 is 19.4. The maximum absolute atomic E-state index is 6.66. The molecule has 0 aliphatic rings. The summed E-state index contributed by atoms with van der Waals surface area (Å²) in [7, 11) is -1.65. The van der Waals surface area contributed by atoms with E-state index in [4.69, 9.17) is 13.6 Å². The van der Waals surface area contributed by atoms with Gasteiger partial charge in [-0.2, -0.15) is 0 Å². The van der Waals surface area contributed by atoms with Crippen LogP contribution >= 0.6 is 8.60 Å². The SMILES string of the molecule is CCOP(Oc1c(C)cc(C(C)(C)C)cc1C(C)(C)C)Oc1c(C)cc(C(C)(C)C)cc1C(C)(C)C. The van der Waals surface area contributed by atoms with Gasteiger partial charge in [0.05, 0.1) is 6.61 Å². The molecule has 0 heterocycles. The van der Waals surface area contributed by atoms with Gasteiger partial charge in [-0.05, 0) is 64.7 Å². The van der Waals surface area contributed by atoms with Crippen LogP contribution in [0.25, 0.3) is 0 Å². The summed E-state index contributed by atoms with van der Waals surface area (Å²) in [6.07, 6.45) is 0. The first kappa shape index (κ1) is 30.7. The van der Waals surface area contributed by atoms with Gasteiger partial charge in [0.1, 0.15) is 11.5 Å². The van der Waals surface area contributed by atoms with E-state index in [1.807, 2.05) is 6.92 Å². The molecular weight excluding hydrogens is 463 g/mol. The Hall–Kier alpha value is -1.57. The Kier molecular flexibility index (Phi) is 9.08. The Labute approximate surface area is 223 Å². The fourth-order valence-corrected chi connectivity index (χ4v) is 5.23. The lowest BCUT2D eigenvalue weighted by Gasteiger charge is -2.31. The molecule has 3 nitrogen and oxygen atoms in total. The molecule has 0 N–H and O–H groups in total. The molecule has 2 rings (SSSR count). The molecule has 0 fully saturated rings. The summed E-state index contributed by atoms with van der Waals surface area (Å²) in [4.78, 5) is 0. The van der Waals surface area contributed by atoms with Gasteiger partial charge in [-0.15, -0.1) is 0 Å². The average Bonchev–Trinajstić information content (AvgIpc) is 2.67. The van der Waals surface area contributed by atoms with Gasteiger partial charge in [0.25, 0.3) is 0 Å². The predicted molar refractivity (Wildman–Crippen MR) is 157 cm³/mol. The Bertz CT molecular complexity index is 974. The molecule has 0 aliphatic heterocycles. The van der Waals surface area contributed by atoms with Crippen LogP contribution in [0.4, 0.5) is 0 Å². The van der Waals surface area contributed by atoms with E-state index in [2.05, 4.69) is 121 Å². The van der Waals surface area contributed by atoms with Crippen molar-refractivity contribution in [2.24, 2.45) is 0 Å². The third-order valence-electron chi connectivity index (χ3n) is 6.46. The minimum absolute atomic E-state index is 0.0535. The summed E-state index contributed by atoms with van der Waals surface area (Å²) in [5.41, 5.74) is 7.13. The topological polar surface area (TPSA) is 27.7 Å². The van der Waals surface area contributed by atoms with Gasteiger partial charge in [0.15, 0.2) is 0 Å². The highest BCUT2D eigenvalue weighted by Crippen LogP contribution is 2.50. The highest BCUT2D eigenvalue weighted by atomic mass is 31.2. The molecule has 0 saturated carbocycles. The van der Waals surface area contributed by atoms with E-state index in [1.165, 1.54) is 22.3 Å². The Morgan fingerprint density at radius 1 is 0.556 bits per heavy atom. The molecule has 4 heteroatoms. The second-order valence-electron chi connectivity index (χ2n) is 14.2. The van der Waals surface area contributed by atoms with Crippen LogP contribution in [0.5, 0.6) is 11.5 Å². The van der Waals surface area contributed by atoms with Gasteiger partial charge < -0.3 is 9.05 Å². The van der Waals surface area contributed by atoms with Crippen molar-refractivity contribution in [1.29, 1.82) is 0 Å². The first-order chi connectivity index (χ1) is 16.2. The molecule has 0 aliphatic carbocycles. The third kappa shape index (κ3) is 7.48. The zero-order chi connectivity index (χ0) is 27.9. The number of rotatable bonds is 6. The quantitative estimate of drug-likeness (QED) is 0.359. The molecule has 0 bridgehead atoms. The highest BCUT2D eigenvalue weighted by Gasteiger charge is 2.31. The molecule has 0 amide bonds. The number of benzene rings is 2. The Balaban J connectivity index is 2.62. The normalized spacial score (nSPS) is 13.3. The first-order valence-corrected chi connectivity index (χ1v) is 14.4. The van der Waals surface area contributed by atoms with Crippen LogP contribution in [0.15, 0.2) is 24.3 Å². The second kappa shape index (κ2) is 10.7. The fourth-order valence-electron chi connectivity index (χ4n) is 4.10. The van der Waals surface area contributed by atoms with Crippen molar-refractivity contribution in [3.05, 3.63) is 57.6 Å². The van der Waals surface area contributed by atoms with Crippen molar-refractivity contribution in [2.45, 2.75) is 126 Å². The molecule has 2 aromatic rings. The van der Waals surface area contributed by atoms with E-state index in [0.717, 1.165) is 22.6 Å². The lowest BCUT2D eigenvalue weighted by molar-refractivity contribution is 0.275. The van der Waals surface area contributed by atoms with Crippen LogP contribution in [0.2, 0.25) is 0 Å². The molecular formula is C32H51O3P. The van der Waals surface area contributed by atoms with Crippen LogP contribution in [0.1, 0.15) is 123 Å². The maximum atomic E-state index is 6.66. The zero-order valence-corrected chi connectivity index (χ0v) is 26.6. The maximum Gasteiger partial charge on any atom is 0.463 e. The van der Waals surface area contributed by atoms with E-state index >= 15 is 0 Å². The van der Waals surface area contributed by atoms with Crippen molar-refractivity contribution < 1.29 is 13.6 Å². The van der Waals surface area contributed by atoms with Gasteiger partial charge >= 0.3 is 8.60 Å². The van der Waals surface area contributed by atoms with Gasteiger partial charge in [-0.3, -0.25) is 4.52 Å². The summed E-state index contributed by atoms with van der Waals surface area (Å²) in [6.45, 7) is 33.7. The van der Waals surface area contributed by atoms with Crippen LogP contribution in [-0.2, 0) is 26.2 Å². The Morgan fingerprint density at radius 2 is 0.889 bits per heavy atom. The van der Waals surface area contributed by atoms with Gasteiger partial charge in [-0.1, -0.05) is 107 Å². The summed E-state index contributed by atoms with van der Waals surface area (Å²) in [6, 6.07) is 9.08. The van der Waals surface area contributed by atoms with E-state index in [0.29, 0.717) is 6.61 Å².